The van der Waals surface area contributed by atoms with Crippen molar-refractivity contribution in [3.05, 3.63) is 71.3 Å². The number of hydrogen-bond donors (Lipinski definition) is 4. The second kappa shape index (κ2) is 15.9. The van der Waals surface area contributed by atoms with E-state index in [9.17, 15) is 0 Å². The molecule has 0 bridgehead atoms. The molecule has 6 atom stereocenters. The first-order chi connectivity index (χ1) is 31.0. The van der Waals surface area contributed by atoms with E-state index in [1.54, 1.807) is 14.2 Å². The number of aromatic nitrogens is 8. The Morgan fingerprint density at radius 3 is 1.89 bits per heavy atom. The van der Waals surface area contributed by atoms with Crippen LogP contribution in [-0.2, 0) is 9.47 Å². The van der Waals surface area contributed by atoms with E-state index in [0.717, 1.165) is 101 Å². The van der Waals surface area contributed by atoms with Crippen LogP contribution < -0.4 is 30.7 Å². The number of imidazole rings is 2. The number of methoxy groups -OCH3 is 2. The monoisotopic (exact) mass is 856 g/mol. The van der Waals surface area contributed by atoms with Crippen molar-refractivity contribution in [2.24, 2.45) is 5.92 Å². The number of nitrogens with one attached hydrogen (secondary N) is 4. The van der Waals surface area contributed by atoms with Gasteiger partial charge in [-0.25, -0.2) is 33.4 Å². The fourth-order valence-corrected chi connectivity index (χ4v) is 10.0. The first kappa shape index (κ1) is 39.1. The smallest absolute Gasteiger partial charge is 0.157 e. The van der Waals surface area contributed by atoms with Crippen molar-refractivity contribution in [3.63, 3.8) is 0 Å². The summed E-state index contributed by atoms with van der Waals surface area (Å²) in [4.78, 5) is 19.7. The lowest BCUT2D eigenvalue weighted by Crippen LogP contribution is -2.46. The van der Waals surface area contributed by atoms with E-state index < -0.39 is 6.17 Å². The Morgan fingerprint density at radius 1 is 0.714 bits per heavy atom. The molecule has 3 unspecified atom stereocenters. The van der Waals surface area contributed by atoms with E-state index >= 15 is 4.39 Å². The molecule has 2 saturated carbocycles. The number of piperidine rings is 2. The third-order valence-corrected chi connectivity index (χ3v) is 14.1. The Kier molecular flexibility index (Phi) is 9.90. The molecule has 12 rings (SSSR count). The molecule has 17 heteroatoms. The van der Waals surface area contributed by atoms with Crippen LogP contribution in [0.15, 0.2) is 48.8 Å². The molecule has 2 aliphatic carbocycles. The largest absolute Gasteiger partial charge is 0.495 e. The molecule has 63 heavy (non-hydrogen) atoms. The Balaban J connectivity index is 0.758. The predicted molar refractivity (Wildman–Crippen MR) is 234 cm³/mol. The van der Waals surface area contributed by atoms with Crippen LogP contribution in [0.25, 0.3) is 34.1 Å². The maximum absolute atomic E-state index is 15.0. The van der Waals surface area contributed by atoms with Gasteiger partial charge < -0.3 is 40.2 Å². The molecule has 10 heterocycles. The zero-order valence-corrected chi connectivity index (χ0v) is 35.6. The molecule has 328 valence electrons. The Labute approximate surface area is 364 Å². The van der Waals surface area contributed by atoms with Gasteiger partial charge in [-0.3, -0.25) is 0 Å². The van der Waals surface area contributed by atoms with E-state index in [1.165, 1.54) is 5.56 Å². The van der Waals surface area contributed by atoms with E-state index in [-0.39, 0.29) is 23.9 Å². The van der Waals surface area contributed by atoms with Gasteiger partial charge in [0.2, 0.25) is 0 Å². The summed E-state index contributed by atoms with van der Waals surface area (Å²) < 4.78 is 41.6. The first-order valence-electron chi connectivity index (χ1n) is 22.6. The standard InChI is InChI=1S/C46H53FN12O4/c1-60-39-14-41-50-18-37(58(41)56-43(39)24-3-4-24)34-9-6-28(25-20-62-21-25)45(53-34)52-27-5-8-33(49-16-27)30-13-31(30)44-40(61-2)15-42-51-19-38(59(42)57-44)35-10-7-29(26-22-63-23-26)46(54-35)55-36-17-48-12-11-32(36)47/h6-7,9-10,14-15,18-19,24-27,30-33,36,48-49H,3-5,8,11-13,16-17,20-23H2,1-2H3,(H,52,53)(H,54,55)/t27-,30?,31?,32-,33?,36-/m0/s1. The summed E-state index contributed by atoms with van der Waals surface area (Å²) in [5.41, 5.74) is 8.78. The minimum absolute atomic E-state index is 0.213. The Morgan fingerprint density at radius 2 is 1.33 bits per heavy atom. The number of pyridine rings is 2. The lowest BCUT2D eigenvalue weighted by Gasteiger charge is -2.33. The highest BCUT2D eigenvalue weighted by molar-refractivity contribution is 5.66. The zero-order chi connectivity index (χ0) is 42.2. The van der Waals surface area contributed by atoms with Gasteiger partial charge in [-0.1, -0.05) is 12.1 Å². The molecule has 6 aliphatic rings. The van der Waals surface area contributed by atoms with E-state index in [4.69, 9.17) is 44.1 Å². The van der Waals surface area contributed by atoms with Crippen molar-refractivity contribution in [2.75, 3.05) is 70.9 Å². The van der Waals surface area contributed by atoms with Crippen LogP contribution in [-0.4, -0.2) is 124 Å². The van der Waals surface area contributed by atoms with Crippen molar-refractivity contribution in [1.82, 2.24) is 49.8 Å². The maximum atomic E-state index is 15.0. The number of ether oxygens (including phenoxy) is 4. The highest BCUT2D eigenvalue weighted by Gasteiger charge is 2.47. The van der Waals surface area contributed by atoms with Crippen molar-refractivity contribution >= 4 is 22.9 Å². The molecule has 6 aromatic rings. The second-order valence-electron chi connectivity index (χ2n) is 18.2. The molecule has 4 saturated heterocycles. The Bertz CT molecular complexity index is 2670. The summed E-state index contributed by atoms with van der Waals surface area (Å²) in [6.45, 7) is 4.72. The van der Waals surface area contributed by atoms with Crippen molar-refractivity contribution in [2.45, 2.75) is 86.5 Å². The van der Waals surface area contributed by atoms with Crippen molar-refractivity contribution in [3.8, 4) is 34.3 Å². The summed E-state index contributed by atoms with van der Waals surface area (Å²) >= 11 is 0. The molecule has 6 aromatic heterocycles. The predicted octanol–water partition coefficient (Wildman–Crippen LogP) is 5.47. The van der Waals surface area contributed by atoms with Crippen LogP contribution in [0.4, 0.5) is 16.0 Å². The summed E-state index contributed by atoms with van der Waals surface area (Å²) in [6.07, 6.45) is 8.51. The van der Waals surface area contributed by atoms with Gasteiger partial charge in [-0.2, -0.15) is 10.2 Å². The van der Waals surface area contributed by atoms with Crippen LogP contribution in [0.2, 0.25) is 0 Å². The fraction of sp³-hybridized carbons (Fsp3) is 0.522. The normalized spacial score (nSPS) is 26.3. The van der Waals surface area contributed by atoms with Crippen LogP contribution in [0.5, 0.6) is 11.5 Å². The number of nitrogens with zero attached hydrogens (tertiary/aromatic N) is 8. The second-order valence-corrected chi connectivity index (χ2v) is 18.2. The number of halogens is 1. The summed E-state index contributed by atoms with van der Waals surface area (Å²) in [6, 6.07) is 12.6. The molecule has 4 aliphatic heterocycles. The highest BCUT2D eigenvalue weighted by atomic mass is 19.1. The van der Waals surface area contributed by atoms with Crippen LogP contribution in [0, 0.1) is 5.92 Å². The first-order valence-corrected chi connectivity index (χ1v) is 22.6. The number of fused-ring (bicyclic) bond motifs is 2. The van der Waals surface area contributed by atoms with Gasteiger partial charge in [0.15, 0.2) is 11.3 Å². The van der Waals surface area contributed by atoms with Crippen molar-refractivity contribution < 1.29 is 23.3 Å². The van der Waals surface area contributed by atoms with Crippen LogP contribution in [0.1, 0.15) is 84.7 Å². The SMILES string of the molecule is COc1cc2ncc(-c3ccc(C4COC4)c(N[C@H]4CCC(C5CC5c5nn6c(-c7ccc(C8COC8)c(N[C@H]8CNCC[C@@H]8F)n7)cnc6cc5OC)NC4)n3)n2nc1C1CC1. The topological polar surface area (TPSA) is 171 Å². The maximum Gasteiger partial charge on any atom is 0.157 e. The summed E-state index contributed by atoms with van der Waals surface area (Å²) in [7, 11) is 3.40. The summed E-state index contributed by atoms with van der Waals surface area (Å²) in [5, 5.41) is 24.8. The van der Waals surface area contributed by atoms with Gasteiger partial charge in [0.05, 0.1) is 70.5 Å². The third kappa shape index (κ3) is 7.22. The van der Waals surface area contributed by atoms with Gasteiger partial charge in [-0.05, 0) is 63.1 Å². The molecular weight excluding hydrogens is 804 g/mol. The van der Waals surface area contributed by atoms with Crippen LogP contribution >= 0.6 is 0 Å². The molecular formula is C46H53FN12O4. The Hall–Kier alpha value is -5.49. The average molecular weight is 857 g/mol. The molecule has 16 nitrogen and oxygen atoms in total. The van der Waals surface area contributed by atoms with E-state index in [1.807, 2.05) is 39.6 Å². The molecule has 6 fully saturated rings. The number of rotatable bonds is 13. The van der Waals surface area contributed by atoms with E-state index in [0.29, 0.717) is 81.2 Å². The highest BCUT2D eigenvalue weighted by Crippen LogP contribution is 2.53. The molecule has 0 radical (unpaired) electrons. The molecule has 4 N–H and O–H groups in total. The fourth-order valence-electron chi connectivity index (χ4n) is 10.0. The lowest BCUT2D eigenvalue weighted by molar-refractivity contribution is 0.00851. The summed E-state index contributed by atoms with van der Waals surface area (Å²) in [5.74, 6) is 4.80. The number of hydrogen-bond acceptors (Lipinski definition) is 14. The average Bonchev–Trinajstić information content (AvgIpc) is 4.20. The van der Waals surface area contributed by atoms with Gasteiger partial charge in [0.25, 0.3) is 0 Å². The van der Waals surface area contributed by atoms with Gasteiger partial charge >= 0.3 is 0 Å². The lowest BCUT2D eigenvalue weighted by atomic mass is 9.94. The molecule has 0 amide bonds. The zero-order valence-electron chi connectivity index (χ0n) is 35.6. The van der Waals surface area contributed by atoms with Gasteiger partial charge in [0.1, 0.15) is 52.1 Å². The number of anilines is 2. The van der Waals surface area contributed by atoms with Gasteiger partial charge in [0, 0.05) is 72.1 Å². The number of alkyl halides is 1. The van der Waals surface area contributed by atoms with Crippen LogP contribution in [0.3, 0.4) is 0 Å². The van der Waals surface area contributed by atoms with E-state index in [2.05, 4.69) is 44.5 Å². The van der Waals surface area contributed by atoms with Crippen molar-refractivity contribution in [1.29, 1.82) is 0 Å². The molecule has 0 aromatic carbocycles. The minimum atomic E-state index is -0.949. The minimum Gasteiger partial charge on any atom is -0.495 e. The molecule has 0 spiro atoms. The quantitative estimate of drug-likeness (QED) is 0.115. The van der Waals surface area contributed by atoms with Gasteiger partial charge in [-0.15, -0.1) is 0 Å². The third-order valence-electron chi connectivity index (χ3n) is 14.1.